The second kappa shape index (κ2) is 8.79. The largest absolute Gasteiger partial charge is 0.383 e. The standard InChI is InChI=1S/C18H21N3O3/c1-3-20(12-13-24-2)17-10-6-16(7-11-17)19-14-15-4-8-18(9-5-15)21(22)23/h4-11,14H,3,12-13H2,1-2H3. The van der Waals surface area contributed by atoms with Crippen LogP contribution in [0.5, 0.6) is 0 Å². The average molecular weight is 327 g/mol. The van der Waals surface area contributed by atoms with Crippen LogP contribution in [0.4, 0.5) is 17.1 Å². The number of aliphatic imine (C=N–C) groups is 1. The quantitative estimate of drug-likeness (QED) is 0.420. The average Bonchev–Trinajstić information content (AvgIpc) is 2.62. The van der Waals surface area contributed by atoms with E-state index in [0.29, 0.717) is 6.61 Å². The molecule has 0 bridgehead atoms. The van der Waals surface area contributed by atoms with E-state index in [-0.39, 0.29) is 5.69 Å². The summed E-state index contributed by atoms with van der Waals surface area (Å²) >= 11 is 0. The number of benzene rings is 2. The van der Waals surface area contributed by atoms with Crippen molar-refractivity contribution in [1.82, 2.24) is 0 Å². The first kappa shape index (κ1) is 17.6. The van der Waals surface area contributed by atoms with Crippen molar-refractivity contribution in [1.29, 1.82) is 0 Å². The molecule has 126 valence electrons. The number of hydrogen-bond donors (Lipinski definition) is 0. The molecule has 0 aliphatic rings. The van der Waals surface area contributed by atoms with Crippen molar-refractivity contribution in [2.45, 2.75) is 6.92 Å². The first-order valence-corrected chi connectivity index (χ1v) is 7.76. The Balaban J connectivity index is 2.03. The maximum atomic E-state index is 10.6. The Morgan fingerprint density at radius 3 is 2.38 bits per heavy atom. The van der Waals surface area contributed by atoms with Crippen LogP contribution in [0.3, 0.4) is 0 Å². The van der Waals surface area contributed by atoms with Crippen molar-refractivity contribution in [2.24, 2.45) is 4.99 Å². The Morgan fingerprint density at radius 1 is 1.17 bits per heavy atom. The molecule has 6 heteroatoms. The lowest BCUT2D eigenvalue weighted by atomic mass is 10.2. The number of hydrogen-bond acceptors (Lipinski definition) is 5. The lowest BCUT2D eigenvalue weighted by Crippen LogP contribution is -2.26. The second-order valence-corrected chi connectivity index (χ2v) is 5.20. The summed E-state index contributed by atoms with van der Waals surface area (Å²) < 4.78 is 5.12. The molecule has 0 fully saturated rings. The van der Waals surface area contributed by atoms with E-state index in [9.17, 15) is 10.1 Å². The Bertz CT molecular complexity index is 682. The molecular formula is C18H21N3O3. The number of nitro groups is 1. The Kier molecular flexibility index (Phi) is 6.45. The van der Waals surface area contributed by atoms with Crippen LogP contribution in [0.15, 0.2) is 53.5 Å². The van der Waals surface area contributed by atoms with E-state index < -0.39 is 4.92 Å². The first-order valence-electron chi connectivity index (χ1n) is 7.76. The predicted molar refractivity (Wildman–Crippen MR) is 96.6 cm³/mol. The minimum Gasteiger partial charge on any atom is -0.383 e. The fraction of sp³-hybridized carbons (Fsp3) is 0.278. The molecule has 0 spiro atoms. The lowest BCUT2D eigenvalue weighted by Gasteiger charge is -2.22. The summed E-state index contributed by atoms with van der Waals surface area (Å²) in [5, 5.41) is 10.6. The van der Waals surface area contributed by atoms with Gasteiger partial charge in [0.1, 0.15) is 0 Å². The van der Waals surface area contributed by atoms with Gasteiger partial charge >= 0.3 is 0 Å². The van der Waals surface area contributed by atoms with Gasteiger partial charge in [-0.2, -0.15) is 0 Å². The zero-order valence-electron chi connectivity index (χ0n) is 13.9. The summed E-state index contributed by atoms with van der Waals surface area (Å²) in [4.78, 5) is 16.8. The van der Waals surface area contributed by atoms with Crippen LogP contribution in [0.1, 0.15) is 12.5 Å². The normalized spacial score (nSPS) is 10.9. The number of methoxy groups -OCH3 is 1. The lowest BCUT2D eigenvalue weighted by molar-refractivity contribution is -0.384. The summed E-state index contributed by atoms with van der Waals surface area (Å²) in [6.07, 6.45) is 1.70. The SMILES string of the molecule is CCN(CCOC)c1ccc(N=Cc2ccc([N+](=O)[O-])cc2)cc1. The van der Waals surface area contributed by atoms with Gasteiger partial charge in [0.05, 0.1) is 17.2 Å². The van der Waals surface area contributed by atoms with Gasteiger partial charge in [-0.25, -0.2) is 0 Å². The molecule has 0 atom stereocenters. The van der Waals surface area contributed by atoms with Crippen molar-refractivity contribution in [3.63, 3.8) is 0 Å². The maximum Gasteiger partial charge on any atom is 0.269 e. The van der Waals surface area contributed by atoms with Crippen molar-refractivity contribution < 1.29 is 9.66 Å². The van der Waals surface area contributed by atoms with Crippen molar-refractivity contribution in [3.05, 3.63) is 64.2 Å². The van der Waals surface area contributed by atoms with Gasteiger partial charge in [0, 0.05) is 44.2 Å². The molecule has 6 nitrogen and oxygen atoms in total. The second-order valence-electron chi connectivity index (χ2n) is 5.20. The minimum absolute atomic E-state index is 0.0761. The molecular weight excluding hydrogens is 306 g/mol. The number of nitrogens with zero attached hydrogens (tertiary/aromatic N) is 3. The Hall–Kier alpha value is -2.73. The molecule has 0 aliphatic carbocycles. The summed E-state index contributed by atoms with van der Waals surface area (Å²) in [6, 6.07) is 14.3. The Labute approximate surface area is 141 Å². The highest BCUT2D eigenvalue weighted by Gasteiger charge is 2.04. The van der Waals surface area contributed by atoms with Crippen LogP contribution in [0.2, 0.25) is 0 Å². The minimum atomic E-state index is -0.414. The topological polar surface area (TPSA) is 68.0 Å². The van der Waals surface area contributed by atoms with Gasteiger partial charge in [-0.15, -0.1) is 0 Å². The van der Waals surface area contributed by atoms with Gasteiger partial charge < -0.3 is 9.64 Å². The number of ether oxygens (including phenoxy) is 1. The van der Waals surface area contributed by atoms with Gasteiger partial charge in [0.2, 0.25) is 0 Å². The van der Waals surface area contributed by atoms with E-state index in [0.717, 1.165) is 30.0 Å². The van der Waals surface area contributed by atoms with Crippen LogP contribution < -0.4 is 4.90 Å². The number of non-ortho nitro benzene ring substituents is 1. The van der Waals surface area contributed by atoms with Crippen LogP contribution in [-0.2, 0) is 4.74 Å². The maximum absolute atomic E-state index is 10.6. The van der Waals surface area contributed by atoms with E-state index in [2.05, 4.69) is 16.8 Å². The summed E-state index contributed by atoms with van der Waals surface area (Å²) in [7, 11) is 1.70. The zero-order valence-corrected chi connectivity index (χ0v) is 13.9. The molecule has 0 unspecified atom stereocenters. The van der Waals surface area contributed by atoms with Crippen molar-refractivity contribution >= 4 is 23.3 Å². The van der Waals surface area contributed by atoms with E-state index in [4.69, 9.17) is 4.74 Å². The number of nitro benzene ring substituents is 1. The molecule has 0 amide bonds. The highest BCUT2D eigenvalue weighted by atomic mass is 16.6. The van der Waals surface area contributed by atoms with Crippen molar-refractivity contribution in [3.8, 4) is 0 Å². The van der Waals surface area contributed by atoms with Gasteiger partial charge in [0.15, 0.2) is 0 Å². The van der Waals surface area contributed by atoms with Crippen LogP contribution >= 0.6 is 0 Å². The molecule has 24 heavy (non-hydrogen) atoms. The predicted octanol–water partition coefficient (Wildman–Crippen LogP) is 3.82. The van der Waals surface area contributed by atoms with E-state index >= 15 is 0 Å². The fourth-order valence-electron chi connectivity index (χ4n) is 2.25. The first-order chi connectivity index (χ1) is 11.6. The van der Waals surface area contributed by atoms with Gasteiger partial charge in [-0.1, -0.05) is 0 Å². The molecule has 0 heterocycles. The Morgan fingerprint density at radius 2 is 1.83 bits per heavy atom. The molecule has 0 N–H and O–H groups in total. The highest BCUT2D eigenvalue weighted by molar-refractivity contribution is 5.82. The van der Waals surface area contributed by atoms with E-state index in [1.54, 1.807) is 25.5 Å². The highest BCUT2D eigenvalue weighted by Crippen LogP contribution is 2.20. The fourth-order valence-corrected chi connectivity index (χ4v) is 2.25. The van der Waals surface area contributed by atoms with Crippen molar-refractivity contribution in [2.75, 3.05) is 31.7 Å². The number of anilines is 1. The van der Waals surface area contributed by atoms with Crippen LogP contribution in [0.25, 0.3) is 0 Å². The third-order valence-electron chi connectivity index (χ3n) is 3.63. The van der Waals surface area contributed by atoms with Gasteiger partial charge in [0.25, 0.3) is 5.69 Å². The number of rotatable bonds is 8. The van der Waals surface area contributed by atoms with Gasteiger partial charge in [-0.05, 0) is 48.9 Å². The zero-order chi connectivity index (χ0) is 17.4. The van der Waals surface area contributed by atoms with Crippen LogP contribution in [-0.4, -0.2) is 37.9 Å². The molecule has 2 aromatic rings. The summed E-state index contributed by atoms with van der Waals surface area (Å²) in [6.45, 7) is 4.55. The van der Waals surface area contributed by atoms with E-state index in [1.807, 2.05) is 24.3 Å². The molecule has 2 rings (SSSR count). The molecule has 0 saturated heterocycles. The summed E-state index contributed by atoms with van der Waals surface area (Å²) in [5.74, 6) is 0. The summed E-state index contributed by atoms with van der Waals surface area (Å²) in [5.41, 5.74) is 2.86. The third kappa shape index (κ3) is 4.89. The monoisotopic (exact) mass is 327 g/mol. The molecule has 2 aromatic carbocycles. The van der Waals surface area contributed by atoms with Gasteiger partial charge in [-0.3, -0.25) is 15.1 Å². The molecule has 0 radical (unpaired) electrons. The van der Waals surface area contributed by atoms with Crippen LogP contribution in [0, 0.1) is 10.1 Å². The molecule has 0 aromatic heterocycles. The smallest absolute Gasteiger partial charge is 0.269 e. The molecule has 0 saturated carbocycles. The van der Waals surface area contributed by atoms with E-state index in [1.165, 1.54) is 12.1 Å². The number of likely N-dealkylation sites (N-methyl/N-ethyl adjacent to an activating group) is 1. The third-order valence-corrected chi connectivity index (χ3v) is 3.63. The molecule has 0 aliphatic heterocycles.